The van der Waals surface area contributed by atoms with Crippen molar-refractivity contribution < 1.29 is 4.52 Å². The smallest absolute Gasteiger partial charge is 0.227 e. The van der Waals surface area contributed by atoms with Crippen molar-refractivity contribution in [3.8, 4) is 17.5 Å². The number of nitrogens with zero attached hydrogens (tertiary/aromatic N) is 4. The lowest BCUT2D eigenvalue weighted by Gasteiger charge is -1.89. The van der Waals surface area contributed by atoms with Crippen molar-refractivity contribution in [1.29, 1.82) is 5.26 Å². The van der Waals surface area contributed by atoms with Crippen molar-refractivity contribution >= 4 is 0 Å². The Morgan fingerprint density at radius 2 is 2.40 bits per heavy atom. The molecule has 0 aliphatic heterocycles. The molecule has 2 aromatic rings. The lowest BCUT2D eigenvalue weighted by molar-refractivity contribution is 0.380. The minimum atomic E-state index is 0.384. The van der Waals surface area contributed by atoms with Gasteiger partial charge in [-0.3, -0.25) is 4.98 Å². The van der Waals surface area contributed by atoms with Gasteiger partial charge in [-0.15, -0.1) is 0 Å². The van der Waals surface area contributed by atoms with Crippen LogP contribution in [0.5, 0.6) is 0 Å². The van der Waals surface area contributed by atoms with E-state index in [2.05, 4.69) is 15.1 Å². The monoisotopic (exact) mass is 200 g/mol. The van der Waals surface area contributed by atoms with Crippen LogP contribution in [0.25, 0.3) is 11.4 Å². The van der Waals surface area contributed by atoms with Gasteiger partial charge >= 0.3 is 0 Å². The first kappa shape index (κ1) is 9.34. The van der Waals surface area contributed by atoms with Crippen LogP contribution in [0.15, 0.2) is 29.0 Å². The summed E-state index contributed by atoms with van der Waals surface area (Å²) in [7, 11) is 0. The van der Waals surface area contributed by atoms with Gasteiger partial charge in [0.05, 0.1) is 6.07 Å². The fourth-order valence-corrected chi connectivity index (χ4v) is 1.13. The van der Waals surface area contributed by atoms with Crippen molar-refractivity contribution in [3.63, 3.8) is 0 Å². The van der Waals surface area contributed by atoms with E-state index < -0.39 is 0 Å². The van der Waals surface area contributed by atoms with Crippen LogP contribution in [-0.2, 0) is 6.42 Å². The highest BCUT2D eigenvalue weighted by Gasteiger charge is 2.07. The Morgan fingerprint density at radius 3 is 3.13 bits per heavy atom. The van der Waals surface area contributed by atoms with E-state index in [1.165, 1.54) is 0 Å². The van der Waals surface area contributed by atoms with Gasteiger partial charge in [0.1, 0.15) is 0 Å². The molecule has 0 fully saturated rings. The SMILES string of the molecule is N#CCCc1nc(-c2cccnc2)no1. The normalized spacial score (nSPS) is 9.80. The summed E-state index contributed by atoms with van der Waals surface area (Å²) < 4.78 is 4.98. The van der Waals surface area contributed by atoms with Crippen LogP contribution in [0, 0.1) is 11.3 Å². The van der Waals surface area contributed by atoms with Gasteiger partial charge in [0.15, 0.2) is 0 Å². The molecule has 5 heteroatoms. The minimum Gasteiger partial charge on any atom is -0.339 e. The number of rotatable bonds is 3. The highest BCUT2D eigenvalue weighted by atomic mass is 16.5. The molecular weight excluding hydrogens is 192 g/mol. The van der Waals surface area contributed by atoms with Crippen molar-refractivity contribution in [2.75, 3.05) is 0 Å². The maximum Gasteiger partial charge on any atom is 0.227 e. The van der Waals surface area contributed by atoms with Crippen LogP contribution < -0.4 is 0 Å². The summed E-state index contributed by atoms with van der Waals surface area (Å²) in [6, 6.07) is 5.68. The van der Waals surface area contributed by atoms with Gasteiger partial charge < -0.3 is 4.52 Å². The molecule has 0 N–H and O–H groups in total. The number of hydrogen-bond acceptors (Lipinski definition) is 5. The van der Waals surface area contributed by atoms with E-state index >= 15 is 0 Å². The number of aromatic nitrogens is 3. The first-order chi connectivity index (χ1) is 7.40. The highest BCUT2D eigenvalue weighted by molar-refractivity contribution is 5.51. The summed E-state index contributed by atoms with van der Waals surface area (Å²) in [6.45, 7) is 0. The summed E-state index contributed by atoms with van der Waals surface area (Å²) in [4.78, 5) is 8.11. The van der Waals surface area contributed by atoms with Gasteiger partial charge in [-0.1, -0.05) is 5.16 Å². The van der Waals surface area contributed by atoms with E-state index in [0.717, 1.165) is 5.56 Å². The molecule has 0 spiro atoms. The van der Waals surface area contributed by atoms with E-state index in [-0.39, 0.29) is 0 Å². The summed E-state index contributed by atoms with van der Waals surface area (Å²) in [5.74, 6) is 0.992. The third-order valence-corrected chi connectivity index (χ3v) is 1.84. The molecule has 0 amide bonds. The van der Waals surface area contributed by atoms with Crippen molar-refractivity contribution in [2.45, 2.75) is 12.8 Å². The van der Waals surface area contributed by atoms with Gasteiger partial charge in [-0.2, -0.15) is 10.2 Å². The van der Waals surface area contributed by atoms with Gasteiger partial charge in [0, 0.05) is 30.8 Å². The molecule has 0 saturated heterocycles. The van der Waals surface area contributed by atoms with Crippen LogP contribution in [0.1, 0.15) is 12.3 Å². The van der Waals surface area contributed by atoms with Crippen molar-refractivity contribution in [1.82, 2.24) is 15.1 Å². The Morgan fingerprint density at radius 1 is 1.47 bits per heavy atom. The Kier molecular flexibility index (Phi) is 2.70. The van der Waals surface area contributed by atoms with Gasteiger partial charge in [-0.25, -0.2) is 0 Å². The van der Waals surface area contributed by atoms with Crippen LogP contribution >= 0.6 is 0 Å². The van der Waals surface area contributed by atoms with Crippen molar-refractivity contribution in [2.24, 2.45) is 0 Å². The van der Waals surface area contributed by atoms with Crippen LogP contribution in [0.2, 0.25) is 0 Å². The summed E-state index contributed by atoms with van der Waals surface area (Å²) in [5.41, 5.74) is 0.810. The molecule has 5 nitrogen and oxygen atoms in total. The minimum absolute atomic E-state index is 0.384. The van der Waals surface area contributed by atoms with Crippen LogP contribution in [-0.4, -0.2) is 15.1 Å². The van der Waals surface area contributed by atoms with E-state index in [1.54, 1.807) is 18.5 Å². The van der Waals surface area contributed by atoms with E-state index in [1.807, 2.05) is 12.1 Å². The second-order valence-electron chi connectivity index (χ2n) is 2.91. The largest absolute Gasteiger partial charge is 0.339 e. The van der Waals surface area contributed by atoms with Crippen LogP contribution in [0.4, 0.5) is 0 Å². The first-order valence-electron chi connectivity index (χ1n) is 4.50. The molecular formula is C10H8N4O. The van der Waals surface area contributed by atoms with Gasteiger partial charge in [0.2, 0.25) is 11.7 Å². The van der Waals surface area contributed by atoms with E-state index in [0.29, 0.717) is 24.6 Å². The average molecular weight is 200 g/mol. The second kappa shape index (κ2) is 4.33. The molecule has 0 aliphatic rings. The molecule has 0 atom stereocenters. The Labute approximate surface area is 86.4 Å². The summed E-state index contributed by atoms with van der Waals surface area (Å²) in [5, 5.41) is 12.2. The predicted octanol–water partition coefficient (Wildman–Crippen LogP) is 1.59. The van der Waals surface area contributed by atoms with Gasteiger partial charge in [0.25, 0.3) is 0 Å². The highest BCUT2D eigenvalue weighted by Crippen LogP contribution is 2.13. The maximum atomic E-state index is 8.40. The fourth-order valence-electron chi connectivity index (χ4n) is 1.13. The third-order valence-electron chi connectivity index (χ3n) is 1.84. The Bertz CT molecular complexity index is 472. The zero-order chi connectivity index (χ0) is 10.5. The van der Waals surface area contributed by atoms with Crippen molar-refractivity contribution in [3.05, 3.63) is 30.4 Å². The zero-order valence-corrected chi connectivity index (χ0v) is 7.92. The number of aryl methyl sites for hydroxylation is 1. The molecule has 0 aliphatic carbocycles. The number of nitriles is 1. The lowest BCUT2D eigenvalue weighted by atomic mass is 10.3. The molecule has 2 rings (SSSR count). The summed E-state index contributed by atoms with van der Waals surface area (Å²) in [6.07, 6.45) is 4.22. The Balaban J connectivity index is 2.18. The molecule has 0 aromatic carbocycles. The molecule has 0 unspecified atom stereocenters. The molecule has 0 saturated carbocycles. The topological polar surface area (TPSA) is 75.6 Å². The third kappa shape index (κ3) is 2.17. The van der Waals surface area contributed by atoms with E-state index in [9.17, 15) is 0 Å². The average Bonchev–Trinajstić information content (AvgIpc) is 2.76. The molecule has 0 radical (unpaired) electrons. The zero-order valence-electron chi connectivity index (χ0n) is 7.92. The molecule has 74 valence electrons. The quantitative estimate of drug-likeness (QED) is 0.751. The number of pyridine rings is 1. The predicted molar refractivity (Wildman–Crippen MR) is 51.5 cm³/mol. The van der Waals surface area contributed by atoms with Gasteiger partial charge in [-0.05, 0) is 12.1 Å². The standard InChI is InChI=1S/C10H8N4O/c11-5-1-4-9-13-10(14-15-9)8-3-2-6-12-7-8/h2-3,6-7H,1,4H2. The Hall–Kier alpha value is -2.22. The van der Waals surface area contributed by atoms with E-state index in [4.69, 9.17) is 9.78 Å². The molecule has 2 heterocycles. The maximum absolute atomic E-state index is 8.40. The number of hydrogen-bond donors (Lipinski definition) is 0. The summed E-state index contributed by atoms with van der Waals surface area (Å²) >= 11 is 0. The molecule has 15 heavy (non-hydrogen) atoms. The van der Waals surface area contributed by atoms with Crippen LogP contribution in [0.3, 0.4) is 0 Å². The lowest BCUT2D eigenvalue weighted by Crippen LogP contribution is -1.84. The second-order valence-corrected chi connectivity index (χ2v) is 2.91. The first-order valence-corrected chi connectivity index (χ1v) is 4.50. The molecule has 2 aromatic heterocycles. The molecule has 0 bridgehead atoms. The fraction of sp³-hybridized carbons (Fsp3) is 0.200.